The Balaban J connectivity index is 1.37. The molecular weight excluding hydrogens is 408 g/mol. The van der Waals surface area contributed by atoms with Crippen LogP contribution in [0.3, 0.4) is 0 Å². The number of nitrogens with zero attached hydrogens (tertiary/aromatic N) is 2. The molecule has 30 heavy (non-hydrogen) atoms. The minimum absolute atomic E-state index is 0.143. The second kappa shape index (κ2) is 8.79. The van der Waals surface area contributed by atoms with Gasteiger partial charge in [0, 0.05) is 13.1 Å². The molecule has 2 aliphatic rings. The van der Waals surface area contributed by atoms with Crippen LogP contribution in [0.2, 0.25) is 5.02 Å². The van der Waals surface area contributed by atoms with Gasteiger partial charge in [0.15, 0.2) is 11.5 Å². The molecule has 1 aromatic carbocycles. The molecule has 0 aliphatic carbocycles. The maximum absolute atomic E-state index is 12.4. The molecule has 0 bridgehead atoms. The number of carbonyl (C=O) groups is 2. The van der Waals surface area contributed by atoms with Crippen LogP contribution in [-0.4, -0.2) is 43.1 Å². The highest BCUT2D eigenvalue weighted by Gasteiger charge is 2.24. The summed E-state index contributed by atoms with van der Waals surface area (Å²) < 4.78 is 11.0. The van der Waals surface area contributed by atoms with E-state index in [4.69, 9.17) is 26.8 Å². The Morgan fingerprint density at radius 1 is 1.27 bits per heavy atom. The summed E-state index contributed by atoms with van der Waals surface area (Å²) in [7, 11) is 0. The number of halogens is 1. The van der Waals surface area contributed by atoms with Gasteiger partial charge in [0.05, 0.1) is 29.2 Å². The van der Waals surface area contributed by atoms with Crippen molar-refractivity contribution >= 4 is 34.9 Å². The van der Waals surface area contributed by atoms with E-state index in [2.05, 4.69) is 10.3 Å². The molecule has 2 aromatic rings. The molecule has 9 heteroatoms. The highest BCUT2D eigenvalue weighted by Crippen LogP contribution is 2.38. The van der Waals surface area contributed by atoms with Gasteiger partial charge >= 0.3 is 0 Å². The van der Waals surface area contributed by atoms with Crippen molar-refractivity contribution in [1.29, 1.82) is 0 Å². The summed E-state index contributed by atoms with van der Waals surface area (Å²) in [5, 5.41) is 3.27. The molecule has 8 nitrogen and oxygen atoms in total. The molecule has 3 N–H and O–H groups in total. The monoisotopic (exact) mass is 430 g/mol. The summed E-state index contributed by atoms with van der Waals surface area (Å²) in [5.74, 6) is 1.21. The lowest BCUT2D eigenvalue weighted by Gasteiger charge is -2.32. The molecule has 1 fully saturated rings. The lowest BCUT2D eigenvalue weighted by Crippen LogP contribution is -2.41. The van der Waals surface area contributed by atoms with E-state index in [9.17, 15) is 9.59 Å². The number of nitrogens with two attached hydrogens (primary N) is 1. The number of primary amides is 1. The van der Waals surface area contributed by atoms with Gasteiger partial charge in [-0.3, -0.25) is 9.59 Å². The first-order chi connectivity index (χ1) is 14.5. The highest BCUT2D eigenvalue weighted by molar-refractivity contribution is 6.32. The quantitative estimate of drug-likeness (QED) is 0.754. The number of aromatic nitrogens is 1. The second-order valence-electron chi connectivity index (χ2n) is 7.42. The van der Waals surface area contributed by atoms with Crippen molar-refractivity contribution in [3.05, 3.63) is 41.0 Å². The molecule has 1 saturated heterocycles. The fraction of sp³-hybridized carbons (Fsp3) is 0.381. The Morgan fingerprint density at radius 3 is 2.87 bits per heavy atom. The third-order valence-corrected chi connectivity index (χ3v) is 5.48. The number of piperidine rings is 1. The molecule has 158 valence electrons. The third kappa shape index (κ3) is 4.59. The smallest absolute Gasteiger partial charge is 0.228 e. The van der Waals surface area contributed by atoms with E-state index in [0.717, 1.165) is 30.8 Å². The number of anilines is 2. The average Bonchev–Trinajstić information content (AvgIpc) is 2.74. The zero-order valence-corrected chi connectivity index (χ0v) is 17.2. The molecule has 0 radical (unpaired) electrons. The number of hydrogen-bond donors (Lipinski definition) is 2. The Bertz CT molecular complexity index is 951. The summed E-state index contributed by atoms with van der Waals surface area (Å²) in [5.41, 5.74) is 6.77. The zero-order chi connectivity index (χ0) is 21.1. The van der Waals surface area contributed by atoms with Gasteiger partial charge in [-0.15, -0.1) is 0 Å². The highest BCUT2D eigenvalue weighted by atomic mass is 35.5. The van der Waals surface area contributed by atoms with E-state index < -0.39 is 0 Å². The van der Waals surface area contributed by atoms with Gasteiger partial charge in [-0.25, -0.2) is 4.98 Å². The Hall–Kier alpha value is -3.00. The topological polar surface area (TPSA) is 107 Å². The van der Waals surface area contributed by atoms with E-state index in [1.165, 1.54) is 0 Å². The summed E-state index contributed by atoms with van der Waals surface area (Å²) in [6, 6.07) is 7.11. The molecule has 3 heterocycles. The predicted octanol–water partition coefficient (Wildman–Crippen LogP) is 2.39. The molecule has 1 aromatic heterocycles. The molecule has 0 spiro atoms. The van der Waals surface area contributed by atoms with Crippen molar-refractivity contribution in [2.75, 3.05) is 36.5 Å². The van der Waals surface area contributed by atoms with E-state index >= 15 is 0 Å². The predicted molar refractivity (Wildman–Crippen MR) is 113 cm³/mol. The summed E-state index contributed by atoms with van der Waals surface area (Å²) in [4.78, 5) is 30.4. The average molecular weight is 431 g/mol. The van der Waals surface area contributed by atoms with E-state index in [-0.39, 0.29) is 24.2 Å². The van der Waals surface area contributed by atoms with Gasteiger partial charge in [0.25, 0.3) is 0 Å². The number of hydrogen-bond acceptors (Lipinski definition) is 6. The zero-order valence-electron chi connectivity index (χ0n) is 16.4. The van der Waals surface area contributed by atoms with Gasteiger partial charge in [-0.2, -0.15) is 0 Å². The molecule has 1 atom stereocenters. The number of amides is 2. The first-order valence-corrected chi connectivity index (χ1v) is 10.3. The van der Waals surface area contributed by atoms with Crippen molar-refractivity contribution < 1.29 is 19.1 Å². The van der Waals surface area contributed by atoms with Gasteiger partial charge in [-0.05, 0) is 42.7 Å². The van der Waals surface area contributed by atoms with E-state index in [1.807, 2.05) is 11.0 Å². The molecule has 2 amide bonds. The third-order valence-electron chi connectivity index (χ3n) is 5.20. The van der Waals surface area contributed by atoms with Gasteiger partial charge in [0.2, 0.25) is 11.8 Å². The maximum atomic E-state index is 12.4. The number of pyridine rings is 1. The van der Waals surface area contributed by atoms with Crippen LogP contribution in [0.15, 0.2) is 30.5 Å². The summed E-state index contributed by atoms with van der Waals surface area (Å²) in [6.07, 6.45) is 3.46. The number of carbonyl (C=O) groups excluding carboxylic acids is 2. The van der Waals surface area contributed by atoms with Crippen molar-refractivity contribution in [1.82, 2.24) is 4.98 Å². The SMILES string of the molecule is NC(=O)C1CCCN(c2ccc(NC(=O)Cc3cc(Cl)c4c(c3)OCCO4)cn2)C1. The molecule has 4 rings (SSSR count). The number of fused-ring (bicyclic) bond motifs is 1. The standard InChI is InChI=1S/C21H23ClN4O4/c22-16-8-13(9-17-20(16)30-7-6-29-17)10-19(27)25-15-3-4-18(24-11-15)26-5-1-2-14(12-26)21(23)28/h3-4,8-9,11,14H,1-2,5-7,10,12H2,(H2,23,28)(H,25,27). The van der Waals surface area contributed by atoms with Crippen LogP contribution in [0.1, 0.15) is 18.4 Å². The fourth-order valence-electron chi connectivity index (χ4n) is 3.72. The van der Waals surface area contributed by atoms with Gasteiger partial charge in [0.1, 0.15) is 19.0 Å². The van der Waals surface area contributed by atoms with Crippen LogP contribution >= 0.6 is 11.6 Å². The Labute approximate surface area is 179 Å². The van der Waals surface area contributed by atoms with Crippen LogP contribution in [0, 0.1) is 5.92 Å². The molecule has 1 unspecified atom stereocenters. The van der Waals surface area contributed by atoms with Gasteiger partial charge < -0.3 is 25.4 Å². The molecule has 2 aliphatic heterocycles. The Morgan fingerprint density at radius 2 is 2.10 bits per heavy atom. The number of rotatable bonds is 5. The molecule has 0 saturated carbocycles. The van der Waals surface area contributed by atoms with Crippen LogP contribution < -0.4 is 25.4 Å². The normalized spacial score (nSPS) is 18.0. The van der Waals surface area contributed by atoms with Crippen molar-refractivity contribution in [2.24, 2.45) is 11.7 Å². The minimum atomic E-state index is -0.275. The van der Waals surface area contributed by atoms with Crippen molar-refractivity contribution in [2.45, 2.75) is 19.3 Å². The van der Waals surface area contributed by atoms with Crippen LogP contribution in [0.25, 0.3) is 0 Å². The lowest BCUT2D eigenvalue weighted by molar-refractivity contribution is -0.122. The first kappa shape index (κ1) is 20.3. The number of benzene rings is 1. The van der Waals surface area contributed by atoms with E-state index in [1.54, 1.807) is 24.4 Å². The molecular formula is C21H23ClN4O4. The number of nitrogens with one attached hydrogen (secondary N) is 1. The first-order valence-electron chi connectivity index (χ1n) is 9.88. The number of ether oxygens (including phenoxy) is 2. The van der Waals surface area contributed by atoms with Crippen LogP contribution in [0.5, 0.6) is 11.5 Å². The second-order valence-corrected chi connectivity index (χ2v) is 7.83. The Kier molecular flexibility index (Phi) is 5.94. The van der Waals surface area contributed by atoms with Gasteiger partial charge in [-0.1, -0.05) is 11.6 Å². The maximum Gasteiger partial charge on any atom is 0.228 e. The minimum Gasteiger partial charge on any atom is -0.486 e. The lowest BCUT2D eigenvalue weighted by atomic mass is 9.97. The van der Waals surface area contributed by atoms with Crippen molar-refractivity contribution in [3.63, 3.8) is 0 Å². The largest absolute Gasteiger partial charge is 0.486 e. The summed E-state index contributed by atoms with van der Waals surface area (Å²) >= 11 is 6.23. The van der Waals surface area contributed by atoms with Crippen LogP contribution in [0.4, 0.5) is 11.5 Å². The fourth-order valence-corrected chi connectivity index (χ4v) is 4.01. The van der Waals surface area contributed by atoms with Crippen LogP contribution in [-0.2, 0) is 16.0 Å². The van der Waals surface area contributed by atoms with Crippen molar-refractivity contribution in [3.8, 4) is 11.5 Å². The van der Waals surface area contributed by atoms with E-state index in [0.29, 0.717) is 42.0 Å². The summed E-state index contributed by atoms with van der Waals surface area (Å²) in [6.45, 7) is 2.30.